The summed E-state index contributed by atoms with van der Waals surface area (Å²) in [6, 6.07) is 17.0. The Morgan fingerprint density at radius 3 is 2.74 bits per heavy atom. The highest BCUT2D eigenvalue weighted by Gasteiger charge is 2.35. The fraction of sp³-hybridized carbons (Fsp3) is 0.348. The number of pyridine rings is 1. The van der Waals surface area contributed by atoms with Crippen LogP contribution in [0.3, 0.4) is 0 Å². The average Bonchev–Trinajstić information content (AvgIpc) is 3.42. The minimum Gasteiger partial charge on any atom is -0.383 e. The highest BCUT2D eigenvalue weighted by molar-refractivity contribution is 7.99. The largest absolute Gasteiger partial charge is 0.383 e. The highest BCUT2D eigenvalue weighted by Crippen LogP contribution is 2.48. The van der Waals surface area contributed by atoms with Gasteiger partial charge in [-0.25, -0.2) is 0 Å². The predicted octanol–water partition coefficient (Wildman–Crippen LogP) is 4.76. The number of thioether (sulfide) groups is 1. The molecule has 1 aliphatic carbocycles. The van der Waals surface area contributed by atoms with Gasteiger partial charge in [0.15, 0.2) is 0 Å². The smallest absolute Gasteiger partial charge is 0.252 e. The second-order valence-corrected chi connectivity index (χ2v) is 8.61. The number of fused-ring (bicyclic) bond motifs is 2. The van der Waals surface area contributed by atoms with Crippen LogP contribution in [0.1, 0.15) is 41.5 Å². The number of methoxy groups -OCH3 is 1. The van der Waals surface area contributed by atoms with Crippen LogP contribution in [0.15, 0.2) is 58.4 Å². The number of hydrogen-bond acceptors (Lipinski definition) is 3. The molecule has 0 bridgehead atoms. The van der Waals surface area contributed by atoms with Crippen molar-refractivity contribution < 1.29 is 4.74 Å². The Balaban J connectivity index is 1.63. The number of hydrogen-bond donors (Lipinski definition) is 0. The van der Waals surface area contributed by atoms with Crippen LogP contribution in [-0.2, 0) is 11.2 Å². The van der Waals surface area contributed by atoms with Gasteiger partial charge in [-0.1, -0.05) is 42.5 Å². The summed E-state index contributed by atoms with van der Waals surface area (Å²) < 4.78 is 7.35. The van der Waals surface area contributed by atoms with Crippen molar-refractivity contribution in [3.63, 3.8) is 0 Å². The Kier molecular flexibility index (Phi) is 4.33. The predicted molar refractivity (Wildman–Crippen MR) is 111 cm³/mol. The molecule has 4 heteroatoms. The van der Waals surface area contributed by atoms with E-state index in [-0.39, 0.29) is 11.6 Å². The summed E-state index contributed by atoms with van der Waals surface area (Å²) in [7, 11) is 1.71. The molecule has 0 N–H and O–H groups in total. The van der Waals surface area contributed by atoms with E-state index < -0.39 is 0 Å². The lowest BCUT2D eigenvalue weighted by molar-refractivity contribution is 0.161. The van der Waals surface area contributed by atoms with Crippen LogP contribution in [0.4, 0.5) is 0 Å². The van der Waals surface area contributed by atoms with Crippen LogP contribution >= 0.6 is 11.8 Å². The molecule has 0 unspecified atom stereocenters. The molecular formula is C23H23NO2S. The molecule has 0 amide bonds. The second-order valence-electron chi connectivity index (χ2n) is 7.61. The molecule has 1 saturated carbocycles. The SMILES string of the molecule is COC[C@@H]1CSc2c(C3CC3)c(Cc3cccc4ccccc34)cc(=O)n21. The number of ether oxygens (including phenoxy) is 1. The molecule has 2 aromatic carbocycles. The normalized spacial score (nSPS) is 18.8. The summed E-state index contributed by atoms with van der Waals surface area (Å²) in [4.78, 5) is 13.0. The van der Waals surface area contributed by atoms with Crippen molar-refractivity contribution in [2.45, 2.75) is 36.2 Å². The van der Waals surface area contributed by atoms with Gasteiger partial charge in [0.05, 0.1) is 17.7 Å². The Morgan fingerprint density at radius 1 is 1.11 bits per heavy atom. The van der Waals surface area contributed by atoms with Crippen LogP contribution in [0.2, 0.25) is 0 Å². The molecular weight excluding hydrogens is 354 g/mol. The van der Waals surface area contributed by atoms with Crippen molar-refractivity contribution in [1.29, 1.82) is 0 Å². The van der Waals surface area contributed by atoms with Crippen LogP contribution in [0, 0.1) is 0 Å². The molecule has 1 atom stereocenters. The van der Waals surface area contributed by atoms with Gasteiger partial charge >= 0.3 is 0 Å². The Bertz CT molecular complexity index is 1060. The topological polar surface area (TPSA) is 31.2 Å². The molecule has 1 aliphatic heterocycles. The van der Waals surface area contributed by atoms with Crippen molar-refractivity contribution in [2.24, 2.45) is 0 Å². The van der Waals surface area contributed by atoms with Gasteiger partial charge < -0.3 is 4.74 Å². The summed E-state index contributed by atoms with van der Waals surface area (Å²) in [6.45, 7) is 0.604. The van der Waals surface area contributed by atoms with Crippen LogP contribution in [-0.4, -0.2) is 24.0 Å². The highest BCUT2D eigenvalue weighted by atomic mass is 32.2. The molecule has 0 radical (unpaired) electrons. The van der Waals surface area contributed by atoms with E-state index in [0.29, 0.717) is 12.5 Å². The van der Waals surface area contributed by atoms with Gasteiger partial charge in [0, 0.05) is 18.9 Å². The van der Waals surface area contributed by atoms with E-state index in [2.05, 4.69) is 42.5 Å². The molecule has 27 heavy (non-hydrogen) atoms. The van der Waals surface area contributed by atoms with Crippen molar-refractivity contribution in [2.75, 3.05) is 19.5 Å². The van der Waals surface area contributed by atoms with Crippen molar-refractivity contribution in [3.8, 4) is 0 Å². The fourth-order valence-electron chi connectivity index (χ4n) is 4.33. The molecule has 0 spiro atoms. The van der Waals surface area contributed by atoms with Gasteiger partial charge in [0.25, 0.3) is 5.56 Å². The summed E-state index contributed by atoms with van der Waals surface area (Å²) in [5.41, 5.74) is 4.06. The Hall–Kier alpha value is -2.04. The maximum Gasteiger partial charge on any atom is 0.252 e. The minimum absolute atomic E-state index is 0.122. The fourth-order valence-corrected chi connectivity index (χ4v) is 5.76. The van der Waals surface area contributed by atoms with Gasteiger partial charge in [0.1, 0.15) is 0 Å². The molecule has 138 valence electrons. The van der Waals surface area contributed by atoms with Gasteiger partial charge in [-0.15, -0.1) is 11.8 Å². The Labute approximate surface area is 163 Å². The summed E-state index contributed by atoms with van der Waals surface area (Å²) >= 11 is 1.84. The summed E-state index contributed by atoms with van der Waals surface area (Å²) in [5, 5.41) is 3.74. The number of nitrogens with zero attached hydrogens (tertiary/aromatic N) is 1. The Morgan fingerprint density at radius 2 is 1.93 bits per heavy atom. The third-order valence-corrected chi connectivity index (χ3v) is 6.95. The molecule has 2 aliphatic rings. The summed E-state index contributed by atoms with van der Waals surface area (Å²) in [5.74, 6) is 1.55. The van der Waals surface area contributed by atoms with E-state index >= 15 is 0 Å². The maximum atomic E-state index is 13.0. The van der Waals surface area contributed by atoms with Crippen molar-refractivity contribution in [3.05, 3.63) is 75.6 Å². The second kappa shape index (κ2) is 6.84. The summed E-state index contributed by atoms with van der Waals surface area (Å²) in [6.07, 6.45) is 3.30. The molecule has 5 rings (SSSR count). The lowest BCUT2D eigenvalue weighted by atomic mass is 9.95. The average molecular weight is 378 g/mol. The number of aromatic nitrogens is 1. The van der Waals surface area contributed by atoms with Gasteiger partial charge in [-0.05, 0) is 52.6 Å². The van der Waals surface area contributed by atoms with E-state index in [0.717, 1.165) is 12.2 Å². The first-order chi connectivity index (χ1) is 13.3. The standard InChI is InChI=1S/C23H23NO2S/c1-26-13-19-14-27-23-22(16-9-10-16)18(12-21(25)24(19)23)11-17-7-4-6-15-5-2-3-8-20(15)17/h2-8,12,16,19H,9-11,13-14H2,1H3/t19-/m1/s1. The molecule has 0 saturated heterocycles. The molecule has 1 fully saturated rings. The van der Waals surface area contributed by atoms with E-state index in [4.69, 9.17) is 4.74 Å². The van der Waals surface area contributed by atoms with Crippen LogP contribution in [0.5, 0.6) is 0 Å². The third kappa shape index (κ3) is 3.01. The van der Waals surface area contributed by atoms with E-state index in [1.54, 1.807) is 7.11 Å². The maximum absolute atomic E-state index is 13.0. The number of benzene rings is 2. The first kappa shape index (κ1) is 17.1. The third-order valence-electron chi connectivity index (χ3n) is 5.71. The zero-order valence-corrected chi connectivity index (χ0v) is 16.3. The lowest BCUT2D eigenvalue weighted by Gasteiger charge is -2.18. The molecule has 1 aromatic heterocycles. The van der Waals surface area contributed by atoms with Crippen LogP contribution in [0.25, 0.3) is 10.8 Å². The van der Waals surface area contributed by atoms with E-state index in [1.807, 2.05) is 22.4 Å². The first-order valence-corrected chi connectivity index (χ1v) is 10.6. The zero-order chi connectivity index (χ0) is 18.4. The van der Waals surface area contributed by atoms with Crippen molar-refractivity contribution >= 4 is 22.5 Å². The molecule has 3 aromatic rings. The van der Waals surface area contributed by atoms with Gasteiger partial charge in [0.2, 0.25) is 0 Å². The lowest BCUT2D eigenvalue weighted by Crippen LogP contribution is -2.27. The minimum atomic E-state index is 0.122. The molecule has 3 nitrogen and oxygen atoms in total. The quantitative estimate of drug-likeness (QED) is 0.642. The zero-order valence-electron chi connectivity index (χ0n) is 15.5. The van der Waals surface area contributed by atoms with Crippen molar-refractivity contribution in [1.82, 2.24) is 4.57 Å². The number of rotatable bonds is 5. The van der Waals surface area contributed by atoms with Gasteiger partial charge in [-0.2, -0.15) is 0 Å². The van der Waals surface area contributed by atoms with Crippen LogP contribution < -0.4 is 5.56 Å². The molecule has 2 heterocycles. The van der Waals surface area contributed by atoms with Gasteiger partial charge in [-0.3, -0.25) is 9.36 Å². The monoisotopic (exact) mass is 377 g/mol. The van der Waals surface area contributed by atoms with E-state index in [9.17, 15) is 4.79 Å². The van der Waals surface area contributed by atoms with E-state index in [1.165, 1.54) is 45.3 Å². The first-order valence-electron chi connectivity index (χ1n) is 9.63.